The molecule has 0 aliphatic rings. The Morgan fingerprint density at radius 1 is 1.41 bits per heavy atom. The third-order valence-corrected chi connectivity index (χ3v) is 2.36. The molecule has 94 valence electrons. The summed E-state index contributed by atoms with van der Waals surface area (Å²) in [6.45, 7) is 4.23. The summed E-state index contributed by atoms with van der Waals surface area (Å²) in [4.78, 5) is 11.7. The molecule has 0 fully saturated rings. The van der Waals surface area contributed by atoms with Crippen molar-refractivity contribution in [2.75, 3.05) is 6.61 Å². The number of nitrogens with one attached hydrogen (secondary N) is 1. The van der Waals surface area contributed by atoms with Gasteiger partial charge in [-0.1, -0.05) is 6.07 Å². The summed E-state index contributed by atoms with van der Waals surface area (Å²) in [5.74, 6) is -2.67. The molecule has 0 unspecified atom stereocenters. The van der Waals surface area contributed by atoms with Crippen LogP contribution in [0.5, 0.6) is 0 Å². The third kappa shape index (κ3) is 3.00. The number of amides is 1. The van der Waals surface area contributed by atoms with Crippen molar-refractivity contribution in [3.8, 4) is 0 Å². The summed E-state index contributed by atoms with van der Waals surface area (Å²) in [6.07, 6.45) is 0. The van der Waals surface area contributed by atoms with E-state index in [1.54, 1.807) is 13.8 Å². The van der Waals surface area contributed by atoms with E-state index in [-0.39, 0.29) is 12.2 Å². The van der Waals surface area contributed by atoms with Gasteiger partial charge in [-0.15, -0.1) is 0 Å². The summed E-state index contributed by atoms with van der Waals surface area (Å²) in [6, 6.07) is 2.30. The number of aliphatic hydroxyl groups excluding tert-OH is 1. The summed E-state index contributed by atoms with van der Waals surface area (Å²) >= 11 is 0. The van der Waals surface area contributed by atoms with Crippen LogP contribution >= 0.6 is 0 Å². The Labute approximate surface area is 98.5 Å². The van der Waals surface area contributed by atoms with Gasteiger partial charge in [-0.2, -0.15) is 0 Å². The maximum absolute atomic E-state index is 13.6. The first kappa shape index (κ1) is 13.6. The van der Waals surface area contributed by atoms with E-state index in [0.717, 1.165) is 6.07 Å². The number of aryl methyl sites for hydroxylation is 1. The Balaban J connectivity index is 3.09. The predicted octanol–water partition coefficient (Wildman–Crippen LogP) is 1.77. The lowest BCUT2D eigenvalue weighted by Gasteiger charge is -2.23. The molecule has 0 bridgehead atoms. The molecule has 2 N–H and O–H groups in total. The van der Waals surface area contributed by atoms with E-state index in [1.165, 1.54) is 13.0 Å². The van der Waals surface area contributed by atoms with E-state index in [0.29, 0.717) is 0 Å². The van der Waals surface area contributed by atoms with E-state index in [9.17, 15) is 13.6 Å². The second-order valence-electron chi connectivity index (χ2n) is 4.55. The number of halogens is 2. The molecule has 0 spiro atoms. The highest BCUT2D eigenvalue weighted by atomic mass is 19.1. The van der Waals surface area contributed by atoms with E-state index >= 15 is 0 Å². The molecule has 17 heavy (non-hydrogen) atoms. The number of hydrogen-bond acceptors (Lipinski definition) is 2. The van der Waals surface area contributed by atoms with Gasteiger partial charge in [-0.25, -0.2) is 8.78 Å². The molecule has 0 radical (unpaired) electrons. The van der Waals surface area contributed by atoms with Crippen molar-refractivity contribution in [3.05, 3.63) is 34.9 Å². The Hall–Kier alpha value is -1.49. The van der Waals surface area contributed by atoms with Crippen LogP contribution < -0.4 is 5.32 Å². The first-order chi connectivity index (χ1) is 7.78. The van der Waals surface area contributed by atoms with Gasteiger partial charge in [0.25, 0.3) is 5.91 Å². The average Bonchev–Trinajstić information content (AvgIpc) is 2.23. The number of aliphatic hydroxyl groups is 1. The van der Waals surface area contributed by atoms with Crippen LogP contribution in [-0.4, -0.2) is 23.2 Å². The molecule has 0 saturated carbocycles. The number of benzene rings is 1. The minimum absolute atomic E-state index is 0.193. The molecule has 1 aromatic carbocycles. The maximum atomic E-state index is 13.6. The Kier molecular flexibility index (Phi) is 3.83. The summed E-state index contributed by atoms with van der Waals surface area (Å²) in [5.41, 5.74) is -1.36. The number of carbonyl (C=O) groups is 1. The summed E-state index contributed by atoms with van der Waals surface area (Å²) in [7, 11) is 0. The van der Waals surface area contributed by atoms with Crippen molar-refractivity contribution in [3.63, 3.8) is 0 Å². The van der Waals surface area contributed by atoms with Crippen LogP contribution in [-0.2, 0) is 0 Å². The number of carbonyl (C=O) groups excluding carboxylic acids is 1. The molecular weight excluding hydrogens is 228 g/mol. The largest absolute Gasteiger partial charge is 0.394 e. The van der Waals surface area contributed by atoms with Gasteiger partial charge in [0.15, 0.2) is 0 Å². The minimum Gasteiger partial charge on any atom is -0.394 e. The van der Waals surface area contributed by atoms with Crippen molar-refractivity contribution in [2.45, 2.75) is 26.3 Å². The summed E-state index contributed by atoms with van der Waals surface area (Å²) in [5, 5.41) is 11.3. The molecule has 0 aromatic heterocycles. The highest BCUT2D eigenvalue weighted by Crippen LogP contribution is 2.17. The Morgan fingerprint density at radius 2 is 2.00 bits per heavy atom. The van der Waals surface area contributed by atoms with Gasteiger partial charge in [0.05, 0.1) is 12.1 Å². The van der Waals surface area contributed by atoms with Crippen molar-refractivity contribution in [2.24, 2.45) is 0 Å². The van der Waals surface area contributed by atoms with Crippen LogP contribution in [0.3, 0.4) is 0 Å². The molecule has 0 atom stereocenters. The molecule has 0 saturated heterocycles. The maximum Gasteiger partial charge on any atom is 0.257 e. The van der Waals surface area contributed by atoms with Crippen LogP contribution in [0.25, 0.3) is 0 Å². The lowest BCUT2D eigenvalue weighted by Crippen LogP contribution is -2.46. The standard InChI is InChI=1S/C12H15F2NO2/c1-7-4-5-8(13)9(10(7)14)11(17)15-12(2,3)6-16/h4-5,16H,6H2,1-3H3,(H,15,17). The van der Waals surface area contributed by atoms with Gasteiger partial charge in [-0.05, 0) is 32.4 Å². The van der Waals surface area contributed by atoms with E-state index in [1.807, 2.05) is 0 Å². The lowest BCUT2D eigenvalue weighted by atomic mass is 10.0. The van der Waals surface area contributed by atoms with Gasteiger partial charge in [0.2, 0.25) is 0 Å². The second-order valence-corrected chi connectivity index (χ2v) is 4.55. The molecule has 0 heterocycles. The topological polar surface area (TPSA) is 49.3 Å². The quantitative estimate of drug-likeness (QED) is 0.850. The first-order valence-corrected chi connectivity index (χ1v) is 5.16. The minimum atomic E-state index is -0.931. The fourth-order valence-electron chi connectivity index (χ4n) is 1.27. The van der Waals surface area contributed by atoms with E-state index in [2.05, 4.69) is 5.32 Å². The fourth-order valence-corrected chi connectivity index (χ4v) is 1.27. The molecule has 5 heteroatoms. The highest BCUT2D eigenvalue weighted by molar-refractivity contribution is 5.95. The Bertz CT molecular complexity index is 444. The number of rotatable bonds is 3. The van der Waals surface area contributed by atoms with Crippen LogP contribution in [0, 0.1) is 18.6 Å². The van der Waals surface area contributed by atoms with Gasteiger partial charge in [-0.3, -0.25) is 4.79 Å². The predicted molar refractivity (Wildman–Crippen MR) is 59.7 cm³/mol. The second kappa shape index (κ2) is 4.79. The van der Waals surface area contributed by atoms with Crippen molar-refractivity contribution < 1.29 is 18.7 Å². The first-order valence-electron chi connectivity index (χ1n) is 5.16. The zero-order valence-electron chi connectivity index (χ0n) is 9.97. The van der Waals surface area contributed by atoms with Crippen molar-refractivity contribution in [1.29, 1.82) is 0 Å². The average molecular weight is 243 g/mol. The Morgan fingerprint density at radius 3 is 2.53 bits per heavy atom. The lowest BCUT2D eigenvalue weighted by molar-refractivity contribution is 0.0860. The zero-order chi connectivity index (χ0) is 13.2. The van der Waals surface area contributed by atoms with E-state index in [4.69, 9.17) is 5.11 Å². The van der Waals surface area contributed by atoms with Gasteiger partial charge in [0.1, 0.15) is 17.2 Å². The molecule has 0 aliphatic heterocycles. The van der Waals surface area contributed by atoms with Crippen LogP contribution in [0.4, 0.5) is 8.78 Å². The third-order valence-electron chi connectivity index (χ3n) is 2.36. The smallest absolute Gasteiger partial charge is 0.257 e. The molecule has 0 aliphatic carbocycles. The molecular formula is C12H15F2NO2. The van der Waals surface area contributed by atoms with Gasteiger partial charge >= 0.3 is 0 Å². The van der Waals surface area contributed by atoms with Crippen molar-refractivity contribution in [1.82, 2.24) is 5.32 Å². The summed E-state index contributed by atoms with van der Waals surface area (Å²) < 4.78 is 27.0. The molecule has 3 nitrogen and oxygen atoms in total. The molecule has 1 aromatic rings. The van der Waals surface area contributed by atoms with Crippen molar-refractivity contribution >= 4 is 5.91 Å². The highest BCUT2D eigenvalue weighted by Gasteiger charge is 2.25. The fraction of sp³-hybridized carbons (Fsp3) is 0.417. The van der Waals surface area contributed by atoms with Crippen LogP contribution in [0.2, 0.25) is 0 Å². The zero-order valence-corrected chi connectivity index (χ0v) is 9.97. The number of hydrogen-bond donors (Lipinski definition) is 2. The van der Waals surface area contributed by atoms with Gasteiger partial charge < -0.3 is 10.4 Å². The van der Waals surface area contributed by atoms with Gasteiger partial charge in [0, 0.05) is 0 Å². The molecule has 1 amide bonds. The van der Waals surface area contributed by atoms with E-state index < -0.39 is 28.6 Å². The molecule has 1 rings (SSSR count). The van der Waals surface area contributed by atoms with Crippen LogP contribution in [0.15, 0.2) is 12.1 Å². The SMILES string of the molecule is Cc1ccc(F)c(C(=O)NC(C)(C)CO)c1F. The normalized spacial score (nSPS) is 11.4. The monoisotopic (exact) mass is 243 g/mol. The van der Waals surface area contributed by atoms with Crippen LogP contribution in [0.1, 0.15) is 29.8 Å².